The van der Waals surface area contributed by atoms with Crippen molar-refractivity contribution < 1.29 is 9.90 Å². The van der Waals surface area contributed by atoms with Gasteiger partial charge in [-0.25, -0.2) is 4.98 Å². The summed E-state index contributed by atoms with van der Waals surface area (Å²) in [5, 5.41) is 12.1. The van der Waals surface area contributed by atoms with E-state index in [-0.39, 0.29) is 18.6 Å². The maximum Gasteiger partial charge on any atom is 0.269 e. The van der Waals surface area contributed by atoms with Crippen LogP contribution < -0.4 is 5.32 Å². The normalized spacial score (nSPS) is 23.9. The molecule has 0 aliphatic heterocycles. The number of aliphatic hydroxyl groups excluding tert-OH is 1. The minimum absolute atomic E-state index is 0.0744. The number of rotatable bonds is 4. The third-order valence-corrected chi connectivity index (χ3v) is 3.65. The monoisotopic (exact) mass is 251 g/mol. The molecule has 5 nitrogen and oxygen atoms in total. The second kappa shape index (κ2) is 6.00. The molecule has 1 amide bonds. The lowest BCUT2D eigenvalue weighted by molar-refractivity contribution is 0.0909. The Morgan fingerprint density at radius 1 is 1.50 bits per heavy atom. The van der Waals surface area contributed by atoms with Gasteiger partial charge in [0.15, 0.2) is 0 Å². The number of imidazole rings is 1. The van der Waals surface area contributed by atoms with Crippen LogP contribution in [0.5, 0.6) is 0 Å². The van der Waals surface area contributed by atoms with E-state index in [4.69, 9.17) is 5.11 Å². The van der Waals surface area contributed by atoms with Crippen LogP contribution in [0.15, 0.2) is 6.20 Å². The number of aromatic nitrogens is 2. The Balaban J connectivity index is 1.84. The van der Waals surface area contributed by atoms with Gasteiger partial charge in [-0.3, -0.25) is 4.79 Å². The second-order valence-corrected chi connectivity index (χ2v) is 4.97. The zero-order valence-corrected chi connectivity index (χ0v) is 10.8. The zero-order chi connectivity index (χ0) is 13.0. The van der Waals surface area contributed by atoms with E-state index < -0.39 is 0 Å². The number of amides is 1. The highest BCUT2D eigenvalue weighted by Crippen LogP contribution is 2.23. The van der Waals surface area contributed by atoms with Crippen molar-refractivity contribution in [3.8, 4) is 0 Å². The van der Waals surface area contributed by atoms with Crippen molar-refractivity contribution in [1.29, 1.82) is 0 Å². The summed E-state index contributed by atoms with van der Waals surface area (Å²) in [6.45, 7) is 2.26. The standard InChI is InChI=1S/C13H21N3O2/c1-2-12-14-7-11(16-12)13(18)15-10-5-3-9(8-17)4-6-10/h7,9-10,17H,2-6,8H2,1H3,(H,14,16)(H,15,18). The Morgan fingerprint density at radius 2 is 2.22 bits per heavy atom. The zero-order valence-electron chi connectivity index (χ0n) is 10.8. The number of aryl methyl sites for hydroxylation is 1. The molecule has 0 atom stereocenters. The van der Waals surface area contributed by atoms with Crippen LogP contribution in [-0.4, -0.2) is 33.6 Å². The highest BCUT2D eigenvalue weighted by atomic mass is 16.3. The van der Waals surface area contributed by atoms with Crippen molar-refractivity contribution in [2.75, 3.05) is 6.61 Å². The summed E-state index contributed by atoms with van der Waals surface area (Å²) >= 11 is 0. The van der Waals surface area contributed by atoms with Gasteiger partial charge in [-0.15, -0.1) is 0 Å². The van der Waals surface area contributed by atoms with Gasteiger partial charge in [0.2, 0.25) is 0 Å². The summed E-state index contributed by atoms with van der Waals surface area (Å²) in [5.41, 5.74) is 0.538. The van der Waals surface area contributed by atoms with E-state index in [1.165, 1.54) is 0 Å². The highest BCUT2D eigenvalue weighted by Gasteiger charge is 2.22. The molecule has 1 aliphatic carbocycles. The lowest BCUT2D eigenvalue weighted by Gasteiger charge is -2.27. The molecule has 1 aliphatic rings. The van der Waals surface area contributed by atoms with Crippen molar-refractivity contribution in [2.45, 2.75) is 45.1 Å². The maximum atomic E-state index is 12.0. The van der Waals surface area contributed by atoms with Crippen LogP contribution in [0.1, 0.15) is 48.9 Å². The number of H-pyrrole nitrogens is 1. The van der Waals surface area contributed by atoms with Crippen LogP contribution in [0.4, 0.5) is 0 Å². The van der Waals surface area contributed by atoms with E-state index in [0.717, 1.165) is 37.9 Å². The third kappa shape index (κ3) is 3.10. The van der Waals surface area contributed by atoms with Gasteiger partial charge in [0, 0.05) is 19.1 Å². The van der Waals surface area contributed by atoms with Gasteiger partial charge >= 0.3 is 0 Å². The first-order valence-corrected chi connectivity index (χ1v) is 6.68. The fourth-order valence-corrected chi connectivity index (χ4v) is 2.41. The molecular weight excluding hydrogens is 230 g/mol. The van der Waals surface area contributed by atoms with Crippen LogP contribution >= 0.6 is 0 Å². The van der Waals surface area contributed by atoms with Crippen LogP contribution in [-0.2, 0) is 6.42 Å². The number of aromatic amines is 1. The van der Waals surface area contributed by atoms with Gasteiger partial charge in [-0.1, -0.05) is 6.92 Å². The molecule has 100 valence electrons. The van der Waals surface area contributed by atoms with E-state index in [2.05, 4.69) is 15.3 Å². The van der Waals surface area contributed by atoms with Crippen molar-refractivity contribution in [2.24, 2.45) is 5.92 Å². The molecule has 1 saturated carbocycles. The van der Waals surface area contributed by atoms with E-state index in [0.29, 0.717) is 11.6 Å². The van der Waals surface area contributed by atoms with Crippen molar-refractivity contribution in [1.82, 2.24) is 15.3 Å². The van der Waals surface area contributed by atoms with E-state index in [1.54, 1.807) is 6.20 Å². The van der Waals surface area contributed by atoms with Crippen LogP contribution in [0.25, 0.3) is 0 Å². The number of hydrogen-bond acceptors (Lipinski definition) is 3. The Morgan fingerprint density at radius 3 is 2.78 bits per heavy atom. The average molecular weight is 251 g/mol. The molecule has 1 heterocycles. The minimum Gasteiger partial charge on any atom is -0.396 e. The first-order valence-electron chi connectivity index (χ1n) is 6.68. The fraction of sp³-hybridized carbons (Fsp3) is 0.692. The number of carbonyl (C=O) groups excluding carboxylic acids is 1. The molecule has 1 aromatic heterocycles. The highest BCUT2D eigenvalue weighted by molar-refractivity contribution is 5.92. The summed E-state index contributed by atoms with van der Waals surface area (Å²) in [4.78, 5) is 19.1. The maximum absolute atomic E-state index is 12.0. The number of hydrogen-bond donors (Lipinski definition) is 3. The van der Waals surface area contributed by atoms with Crippen LogP contribution in [0, 0.1) is 5.92 Å². The molecule has 1 aromatic rings. The summed E-state index contributed by atoms with van der Waals surface area (Å²) in [6, 6.07) is 0.230. The fourth-order valence-electron chi connectivity index (χ4n) is 2.41. The smallest absolute Gasteiger partial charge is 0.269 e. The van der Waals surface area contributed by atoms with Gasteiger partial charge in [-0.05, 0) is 31.6 Å². The first-order chi connectivity index (χ1) is 8.72. The number of nitrogens with one attached hydrogen (secondary N) is 2. The lowest BCUT2D eigenvalue weighted by atomic mass is 9.86. The van der Waals surface area contributed by atoms with Gasteiger partial charge in [0.1, 0.15) is 11.5 Å². The number of aliphatic hydroxyl groups is 1. The predicted molar refractivity (Wildman–Crippen MR) is 68.3 cm³/mol. The molecule has 18 heavy (non-hydrogen) atoms. The average Bonchev–Trinajstić information content (AvgIpc) is 2.88. The summed E-state index contributed by atoms with van der Waals surface area (Å²) in [7, 11) is 0. The molecule has 2 rings (SSSR count). The summed E-state index contributed by atoms with van der Waals surface area (Å²) in [6.07, 6.45) is 6.27. The van der Waals surface area contributed by atoms with E-state index in [9.17, 15) is 4.79 Å². The molecule has 5 heteroatoms. The van der Waals surface area contributed by atoms with Gasteiger partial charge in [0.05, 0.1) is 6.20 Å². The molecule has 0 saturated heterocycles. The molecule has 0 unspecified atom stereocenters. The Bertz CT molecular complexity index is 395. The molecule has 3 N–H and O–H groups in total. The molecule has 0 aromatic carbocycles. The second-order valence-electron chi connectivity index (χ2n) is 4.97. The largest absolute Gasteiger partial charge is 0.396 e. The molecule has 1 fully saturated rings. The van der Waals surface area contributed by atoms with E-state index in [1.807, 2.05) is 6.92 Å². The lowest BCUT2D eigenvalue weighted by Crippen LogP contribution is -2.38. The Hall–Kier alpha value is -1.36. The van der Waals surface area contributed by atoms with E-state index >= 15 is 0 Å². The molecular formula is C13H21N3O2. The molecule has 0 radical (unpaired) electrons. The van der Waals surface area contributed by atoms with Gasteiger partial charge in [-0.2, -0.15) is 0 Å². The number of nitrogens with zero attached hydrogens (tertiary/aromatic N) is 1. The SMILES string of the molecule is CCc1ncc(C(=O)NC2CCC(CO)CC2)[nH]1. The van der Waals surface area contributed by atoms with Gasteiger partial charge < -0.3 is 15.4 Å². The van der Waals surface area contributed by atoms with Crippen molar-refractivity contribution >= 4 is 5.91 Å². The topological polar surface area (TPSA) is 78.0 Å². The summed E-state index contributed by atoms with van der Waals surface area (Å²) in [5.74, 6) is 1.18. The quantitative estimate of drug-likeness (QED) is 0.753. The Labute approximate surface area is 107 Å². The van der Waals surface area contributed by atoms with Gasteiger partial charge in [0.25, 0.3) is 5.91 Å². The van der Waals surface area contributed by atoms with Crippen LogP contribution in [0.2, 0.25) is 0 Å². The molecule has 0 spiro atoms. The van der Waals surface area contributed by atoms with Crippen molar-refractivity contribution in [3.05, 3.63) is 17.7 Å². The third-order valence-electron chi connectivity index (χ3n) is 3.65. The first kappa shape index (κ1) is 13.1. The number of carbonyl (C=O) groups is 1. The summed E-state index contributed by atoms with van der Waals surface area (Å²) < 4.78 is 0. The molecule has 0 bridgehead atoms. The Kier molecular flexibility index (Phi) is 4.36. The predicted octanol–water partition coefficient (Wildman–Crippen LogP) is 1.25. The van der Waals surface area contributed by atoms with Crippen molar-refractivity contribution in [3.63, 3.8) is 0 Å². The minimum atomic E-state index is -0.0744. The van der Waals surface area contributed by atoms with Crippen LogP contribution in [0.3, 0.4) is 0 Å².